The van der Waals surface area contributed by atoms with Gasteiger partial charge in [0.1, 0.15) is 0 Å². The Morgan fingerprint density at radius 3 is 2.45 bits per heavy atom. The second kappa shape index (κ2) is 5.09. The van der Waals surface area contributed by atoms with E-state index in [1.54, 1.807) is 0 Å². The highest BCUT2D eigenvalue weighted by molar-refractivity contribution is 5.90. The lowest BCUT2D eigenvalue weighted by molar-refractivity contribution is -0.138. The van der Waals surface area contributed by atoms with Crippen LogP contribution < -0.4 is 0 Å². The molecule has 1 aromatic carbocycles. The molecule has 0 saturated carbocycles. The standard InChI is InChI=1S/C14H16F3NO2/c1-8(2)18-4-3-9-5-11(13(19)20)12(14(15,16)17)6-10(9)7-18/h5-6,8H,3-4,7H2,1-2H3,(H,19,20). The lowest BCUT2D eigenvalue weighted by Gasteiger charge is -2.32. The number of carboxylic acids is 1. The maximum atomic E-state index is 13.0. The molecule has 110 valence electrons. The Kier molecular flexibility index (Phi) is 3.77. The van der Waals surface area contributed by atoms with E-state index in [1.807, 2.05) is 13.8 Å². The minimum absolute atomic E-state index is 0.247. The van der Waals surface area contributed by atoms with Crippen LogP contribution in [0, 0.1) is 0 Å². The number of fused-ring (bicyclic) bond motifs is 1. The molecule has 0 atom stereocenters. The van der Waals surface area contributed by atoms with Gasteiger partial charge in [-0.15, -0.1) is 0 Å². The molecule has 0 bridgehead atoms. The van der Waals surface area contributed by atoms with E-state index in [0.29, 0.717) is 24.1 Å². The van der Waals surface area contributed by atoms with Crippen molar-refractivity contribution in [1.29, 1.82) is 0 Å². The molecule has 1 aliphatic rings. The van der Waals surface area contributed by atoms with E-state index in [-0.39, 0.29) is 6.04 Å². The van der Waals surface area contributed by atoms with Crippen LogP contribution in [0.2, 0.25) is 0 Å². The lowest BCUT2D eigenvalue weighted by atomic mass is 9.92. The largest absolute Gasteiger partial charge is 0.478 e. The van der Waals surface area contributed by atoms with Gasteiger partial charge in [-0.1, -0.05) is 0 Å². The van der Waals surface area contributed by atoms with Gasteiger partial charge in [0.2, 0.25) is 0 Å². The zero-order valence-corrected chi connectivity index (χ0v) is 11.3. The molecule has 1 N–H and O–H groups in total. The average molecular weight is 287 g/mol. The molecule has 0 radical (unpaired) electrons. The molecule has 0 aromatic heterocycles. The van der Waals surface area contributed by atoms with E-state index in [9.17, 15) is 18.0 Å². The van der Waals surface area contributed by atoms with Crippen molar-refractivity contribution in [2.45, 2.75) is 39.0 Å². The van der Waals surface area contributed by atoms with Crippen LogP contribution in [0.3, 0.4) is 0 Å². The predicted molar refractivity (Wildman–Crippen MR) is 67.7 cm³/mol. The quantitative estimate of drug-likeness (QED) is 0.908. The van der Waals surface area contributed by atoms with E-state index in [4.69, 9.17) is 5.11 Å². The van der Waals surface area contributed by atoms with E-state index in [0.717, 1.165) is 12.6 Å². The molecule has 2 rings (SSSR count). The molecule has 0 unspecified atom stereocenters. The van der Waals surface area contributed by atoms with Crippen molar-refractivity contribution in [2.24, 2.45) is 0 Å². The monoisotopic (exact) mass is 287 g/mol. The zero-order chi connectivity index (χ0) is 15.1. The molecule has 3 nitrogen and oxygen atoms in total. The van der Waals surface area contributed by atoms with Gasteiger partial charge in [-0.05, 0) is 43.5 Å². The summed E-state index contributed by atoms with van der Waals surface area (Å²) in [7, 11) is 0. The third-order valence-corrected chi connectivity index (χ3v) is 3.65. The van der Waals surface area contributed by atoms with E-state index in [2.05, 4.69) is 4.90 Å². The maximum Gasteiger partial charge on any atom is 0.417 e. The molecule has 0 spiro atoms. The van der Waals surface area contributed by atoms with Gasteiger partial charge < -0.3 is 5.11 Å². The molecule has 0 amide bonds. The van der Waals surface area contributed by atoms with Gasteiger partial charge in [0, 0.05) is 19.1 Å². The van der Waals surface area contributed by atoms with Crippen LogP contribution in [-0.2, 0) is 19.1 Å². The fourth-order valence-corrected chi connectivity index (χ4v) is 2.48. The maximum absolute atomic E-state index is 13.0. The molecule has 1 aromatic rings. The second-order valence-corrected chi connectivity index (χ2v) is 5.28. The number of hydrogen-bond donors (Lipinski definition) is 1. The first-order valence-corrected chi connectivity index (χ1v) is 6.40. The summed E-state index contributed by atoms with van der Waals surface area (Å²) in [4.78, 5) is 13.1. The van der Waals surface area contributed by atoms with Crippen LogP contribution in [0.5, 0.6) is 0 Å². The summed E-state index contributed by atoms with van der Waals surface area (Å²) < 4.78 is 38.9. The first-order valence-electron chi connectivity index (χ1n) is 6.40. The minimum atomic E-state index is -4.65. The summed E-state index contributed by atoms with van der Waals surface area (Å²) in [6.07, 6.45) is -4.07. The molecule has 6 heteroatoms. The van der Waals surface area contributed by atoms with Gasteiger partial charge in [-0.2, -0.15) is 13.2 Å². The highest BCUT2D eigenvalue weighted by Gasteiger charge is 2.37. The summed E-state index contributed by atoms with van der Waals surface area (Å²) in [5, 5.41) is 8.96. The summed E-state index contributed by atoms with van der Waals surface area (Å²) in [6.45, 7) is 5.13. The first kappa shape index (κ1) is 14.8. The molecule has 0 aliphatic carbocycles. The topological polar surface area (TPSA) is 40.5 Å². The molecule has 0 fully saturated rings. The number of nitrogens with zero attached hydrogens (tertiary/aromatic N) is 1. The predicted octanol–water partition coefficient (Wildman–Crippen LogP) is 3.17. The van der Waals surface area contributed by atoms with Crippen molar-refractivity contribution in [3.05, 3.63) is 34.4 Å². The number of hydrogen-bond acceptors (Lipinski definition) is 2. The van der Waals surface area contributed by atoms with Crippen LogP contribution in [0.4, 0.5) is 13.2 Å². The molecule has 20 heavy (non-hydrogen) atoms. The Labute approximate surface area is 115 Å². The van der Waals surface area contributed by atoms with Gasteiger partial charge in [0.15, 0.2) is 0 Å². The zero-order valence-electron chi connectivity index (χ0n) is 11.3. The average Bonchev–Trinajstić information content (AvgIpc) is 2.35. The van der Waals surface area contributed by atoms with E-state index < -0.39 is 23.3 Å². The van der Waals surface area contributed by atoms with Gasteiger partial charge in [-0.3, -0.25) is 4.90 Å². The Morgan fingerprint density at radius 2 is 1.95 bits per heavy atom. The highest BCUT2D eigenvalue weighted by atomic mass is 19.4. The van der Waals surface area contributed by atoms with E-state index >= 15 is 0 Å². The molecule has 0 saturated heterocycles. The fourth-order valence-electron chi connectivity index (χ4n) is 2.48. The van der Waals surface area contributed by atoms with Crippen molar-refractivity contribution in [3.8, 4) is 0 Å². The SMILES string of the molecule is CC(C)N1CCc2cc(C(=O)O)c(C(F)(F)F)cc2C1. The van der Waals surface area contributed by atoms with Gasteiger partial charge in [0.25, 0.3) is 0 Å². The van der Waals surface area contributed by atoms with E-state index in [1.165, 1.54) is 6.07 Å². The normalized spacial score (nSPS) is 16.3. The number of carbonyl (C=O) groups is 1. The van der Waals surface area contributed by atoms with Crippen molar-refractivity contribution in [3.63, 3.8) is 0 Å². The van der Waals surface area contributed by atoms with Crippen LogP contribution >= 0.6 is 0 Å². The number of halogens is 3. The fraction of sp³-hybridized carbons (Fsp3) is 0.500. The number of rotatable bonds is 2. The summed E-state index contributed by atoms with van der Waals surface area (Å²) in [5.41, 5.74) is -0.446. The van der Waals surface area contributed by atoms with Crippen molar-refractivity contribution in [2.75, 3.05) is 6.54 Å². The summed E-state index contributed by atoms with van der Waals surface area (Å²) in [6, 6.07) is 2.42. The van der Waals surface area contributed by atoms with Crippen LogP contribution in [0.15, 0.2) is 12.1 Å². The summed E-state index contributed by atoms with van der Waals surface area (Å²) in [5.74, 6) is -1.54. The van der Waals surface area contributed by atoms with Crippen LogP contribution in [0.25, 0.3) is 0 Å². The summed E-state index contributed by atoms with van der Waals surface area (Å²) >= 11 is 0. The molecular weight excluding hydrogens is 271 g/mol. The van der Waals surface area contributed by atoms with Gasteiger partial charge >= 0.3 is 12.1 Å². The molecular formula is C14H16F3NO2. The minimum Gasteiger partial charge on any atom is -0.478 e. The molecule has 1 heterocycles. The third-order valence-electron chi connectivity index (χ3n) is 3.65. The first-order chi connectivity index (χ1) is 9.20. The Morgan fingerprint density at radius 1 is 1.30 bits per heavy atom. The second-order valence-electron chi connectivity index (χ2n) is 5.28. The van der Waals surface area contributed by atoms with Crippen LogP contribution in [-0.4, -0.2) is 28.6 Å². The smallest absolute Gasteiger partial charge is 0.417 e. The Bertz CT molecular complexity index is 538. The number of benzene rings is 1. The molecule has 1 aliphatic heterocycles. The number of alkyl halides is 3. The van der Waals surface area contributed by atoms with Crippen molar-refractivity contribution < 1.29 is 23.1 Å². The lowest BCUT2D eigenvalue weighted by Crippen LogP contribution is -2.36. The highest BCUT2D eigenvalue weighted by Crippen LogP contribution is 2.35. The van der Waals surface area contributed by atoms with Gasteiger partial charge in [0.05, 0.1) is 11.1 Å². The Hall–Kier alpha value is -1.56. The van der Waals surface area contributed by atoms with Crippen molar-refractivity contribution in [1.82, 2.24) is 4.90 Å². The van der Waals surface area contributed by atoms with Gasteiger partial charge in [-0.25, -0.2) is 4.79 Å². The number of aromatic carboxylic acids is 1. The number of carboxylic acid groups (broad SMARTS) is 1. The Balaban J connectivity index is 2.50. The van der Waals surface area contributed by atoms with Crippen molar-refractivity contribution >= 4 is 5.97 Å². The van der Waals surface area contributed by atoms with Crippen LogP contribution in [0.1, 0.15) is 40.9 Å². The third kappa shape index (κ3) is 2.80.